The zero-order chi connectivity index (χ0) is 7.61. The van der Waals surface area contributed by atoms with E-state index in [2.05, 4.69) is 31.4 Å². The molecule has 0 aromatic heterocycles. The van der Waals surface area contributed by atoms with Crippen LogP contribution < -0.4 is 10.6 Å². The van der Waals surface area contributed by atoms with E-state index in [4.69, 9.17) is 0 Å². The van der Waals surface area contributed by atoms with E-state index in [1.54, 1.807) is 0 Å². The first-order chi connectivity index (χ1) is 4.60. The molecular formula is C8H18N2. The highest BCUT2D eigenvalue weighted by Crippen LogP contribution is 2.13. The van der Waals surface area contributed by atoms with E-state index in [9.17, 15) is 0 Å². The minimum absolute atomic E-state index is 0.421. The van der Waals surface area contributed by atoms with Crippen LogP contribution in [0.5, 0.6) is 0 Å². The predicted octanol–water partition coefficient (Wildman–Crippen LogP) is 0.594. The van der Waals surface area contributed by atoms with Gasteiger partial charge in [0.15, 0.2) is 0 Å². The van der Waals surface area contributed by atoms with Gasteiger partial charge < -0.3 is 10.6 Å². The van der Waals surface area contributed by atoms with Crippen molar-refractivity contribution in [2.45, 2.75) is 26.8 Å². The van der Waals surface area contributed by atoms with E-state index in [-0.39, 0.29) is 0 Å². The van der Waals surface area contributed by atoms with Crippen LogP contribution in [0.15, 0.2) is 0 Å². The summed E-state index contributed by atoms with van der Waals surface area (Å²) in [5, 5.41) is 6.90. The van der Waals surface area contributed by atoms with Crippen molar-refractivity contribution in [3.63, 3.8) is 0 Å². The Morgan fingerprint density at radius 1 is 1.30 bits per heavy atom. The van der Waals surface area contributed by atoms with Crippen LogP contribution in [0, 0.1) is 5.41 Å². The second-order valence-corrected chi connectivity index (χ2v) is 4.08. The minimum Gasteiger partial charge on any atom is -0.315 e. The lowest BCUT2D eigenvalue weighted by molar-refractivity contribution is 0.351. The predicted molar refractivity (Wildman–Crippen MR) is 44.1 cm³/mol. The first-order valence-corrected chi connectivity index (χ1v) is 4.04. The number of rotatable bonds is 0. The summed E-state index contributed by atoms with van der Waals surface area (Å²) in [6, 6.07) is 0.627. The molecule has 1 aliphatic rings. The quantitative estimate of drug-likeness (QED) is 0.517. The van der Waals surface area contributed by atoms with Gasteiger partial charge in [0.25, 0.3) is 0 Å². The Bertz CT molecular complexity index is 110. The fourth-order valence-electron chi connectivity index (χ4n) is 1.21. The van der Waals surface area contributed by atoms with Gasteiger partial charge in [0.05, 0.1) is 0 Å². The Kier molecular flexibility index (Phi) is 2.32. The number of hydrogen-bond donors (Lipinski definition) is 2. The lowest BCUT2D eigenvalue weighted by atomic mass is 9.94. The summed E-state index contributed by atoms with van der Waals surface area (Å²) >= 11 is 0. The van der Waals surface area contributed by atoms with E-state index in [1.807, 2.05) is 0 Å². The SMILES string of the molecule is C[C@H]1CNCC(C)(C)CN1. The van der Waals surface area contributed by atoms with Crippen LogP contribution in [0.4, 0.5) is 0 Å². The van der Waals surface area contributed by atoms with Gasteiger partial charge in [-0.2, -0.15) is 0 Å². The molecule has 0 bridgehead atoms. The summed E-state index contributed by atoms with van der Waals surface area (Å²) < 4.78 is 0. The molecule has 1 rings (SSSR count). The normalized spacial score (nSPS) is 33.3. The fourth-order valence-corrected chi connectivity index (χ4v) is 1.21. The maximum absolute atomic E-state index is 3.47. The molecule has 1 saturated heterocycles. The molecule has 1 heterocycles. The molecule has 0 aliphatic carbocycles. The summed E-state index contributed by atoms with van der Waals surface area (Å²) in [6.07, 6.45) is 0. The molecule has 2 N–H and O–H groups in total. The van der Waals surface area contributed by atoms with Crippen LogP contribution in [0.2, 0.25) is 0 Å². The van der Waals surface area contributed by atoms with Gasteiger partial charge in [0.2, 0.25) is 0 Å². The summed E-state index contributed by atoms with van der Waals surface area (Å²) in [6.45, 7) is 10.1. The molecule has 0 unspecified atom stereocenters. The highest BCUT2D eigenvalue weighted by molar-refractivity contribution is 4.81. The van der Waals surface area contributed by atoms with Gasteiger partial charge >= 0.3 is 0 Å². The van der Waals surface area contributed by atoms with Gasteiger partial charge in [-0.1, -0.05) is 13.8 Å². The highest BCUT2D eigenvalue weighted by Gasteiger charge is 2.21. The maximum atomic E-state index is 3.47. The monoisotopic (exact) mass is 142 g/mol. The van der Waals surface area contributed by atoms with Crippen molar-refractivity contribution >= 4 is 0 Å². The second kappa shape index (κ2) is 2.89. The highest BCUT2D eigenvalue weighted by atomic mass is 15.0. The van der Waals surface area contributed by atoms with E-state index in [0.29, 0.717) is 11.5 Å². The second-order valence-electron chi connectivity index (χ2n) is 4.08. The molecule has 0 saturated carbocycles. The molecule has 1 aliphatic heterocycles. The number of nitrogens with one attached hydrogen (secondary N) is 2. The zero-order valence-electron chi connectivity index (χ0n) is 7.20. The van der Waals surface area contributed by atoms with Gasteiger partial charge in [-0.3, -0.25) is 0 Å². The third-order valence-electron chi connectivity index (χ3n) is 1.98. The molecule has 0 radical (unpaired) electrons. The molecule has 0 amide bonds. The van der Waals surface area contributed by atoms with Gasteiger partial charge in [-0.25, -0.2) is 0 Å². The van der Waals surface area contributed by atoms with Crippen LogP contribution in [0.3, 0.4) is 0 Å². The van der Waals surface area contributed by atoms with E-state index >= 15 is 0 Å². The first-order valence-electron chi connectivity index (χ1n) is 4.04. The van der Waals surface area contributed by atoms with Crippen molar-refractivity contribution in [2.24, 2.45) is 5.41 Å². The fraction of sp³-hybridized carbons (Fsp3) is 1.00. The smallest absolute Gasteiger partial charge is 0.0164 e. The standard InChI is InChI=1S/C8H18N2/c1-7-4-9-5-8(2,3)6-10-7/h7,9-10H,4-6H2,1-3H3/t7-/m0/s1. The Balaban J connectivity index is 2.41. The third-order valence-corrected chi connectivity index (χ3v) is 1.98. The van der Waals surface area contributed by atoms with E-state index in [1.165, 1.54) is 0 Å². The summed E-state index contributed by atoms with van der Waals surface area (Å²) in [4.78, 5) is 0. The zero-order valence-corrected chi connectivity index (χ0v) is 7.20. The van der Waals surface area contributed by atoms with E-state index in [0.717, 1.165) is 19.6 Å². The number of hydrogen-bond acceptors (Lipinski definition) is 2. The average molecular weight is 142 g/mol. The van der Waals surface area contributed by atoms with Gasteiger partial charge in [0, 0.05) is 25.7 Å². The van der Waals surface area contributed by atoms with Crippen molar-refractivity contribution < 1.29 is 0 Å². The molecule has 0 spiro atoms. The van der Waals surface area contributed by atoms with E-state index < -0.39 is 0 Å². The van der Waals surface area contributed by atoms with Crippen LogP contribution in [0.25, 0.3) is 0 Å². The topological polar surface area (TPSA) is 24.1 Å². The summed E-state index contributed by atoms with van der Waals surface area (Å²) in [7, 11) is 0. The van der Waals surface area contributed by atoms with Gasteiger partial charge in [-0.15, -0.1) is 0 Å². The Morgan fingerprint density at radius 2 is 2.00 bits per heavy atom. The van der Waals surface area contributed by atoms with Crippen LogP contribution in [0.1, 0.15) is 20.8 Å². The van der Waals surface area contributed by atoms with Gasteiger partial charge in [-0.05, 0) is 12.3 Å². The third kappa shape index (κ3) is 2.27. The van der Waals surface area contributed by atoms with Crippen LogP contribution in [-0.4, -0.2) is 25.7 Å². The Hall–Kier alpha value is -0.0800. The van der Waals surface area contributed by atoms with Gasteiger partial charge in [0.1, 0.15) is 0 Å². The molecule has 0 aromatic carbocycles. The average Bonchev–Trinajstić information content (AvgIpc) is 1.94. The molecular weight excluding hydrogens is 124 g/mol. The molecule has 60 valence electrons. The van der Waals surface area contributed by atoms with Crippen molar-refractivity contribution in [1.82, 2.24) is 10.6 Å². The lowest BCUT2D eigenvalue weighted by Gasteiger charge is -2.21. The van der Waals surface area contributed by atoms with Crippen LogP contribution >= 0.6 is 0 Å². The Morgan fingerprint density at radius 3 is 2.70 bits per heavy atom. The molecule has 0 aromatic rings. The summed E-state index contributed by atoms with van der Waals surface area (Å²) in [5.74, 6) is 0. The van der Waals surface area contributed by atoms with Crippen molar-refractivity contribution in [3.8, 4) is 0 Å². The molecule has 2 heteroatoms. The lowest BCUT2D eigenvalue weighted by Crippen LogP contribution is -2.34. The molecule has 1 fully saturated rings. The summed E-state index contributed by atoms with van der Waals surface area (Å²) in [5.41, 5.74) is 0.421. The van der Waals surface area contributed by atoms with Crippen molar-refractivity contribution in [2.75, 3.05) is 19.6 Å². The molecule has 10 heavy (non-hydrogen) atoms. The van der Waals surface area contributed by atoms with Crippen molar-refractivity contribution in [1.29, 1.82) is 0 Å². The maximum Gasteiger partial charge on any atom is 0.0164 e. The molecule has 2 nitrogen and oxygen atoms in total. The molecule has 1 atom stereocenters. The first kappa shape index (κ1) is 8.02. The van der Waals surface area contributed by atoms with Crippen molar-refractivity contribution in [3.05, 3.63) is 0 Å². The minimum atomic E-state index is 0.421. The van der Waals surface area contributed by atoms with Crippen LogP contribution in [-0.2, 0) is 0 Å². The largest absolute Gasteiger partial charge is 0.315 e. The Labute approximate surface area is 63.4 Å².